The van der Waals surface area contributed by atoms with Crippen molar-refractivity contribution < 1.29 is 0 Å². The van der Waals surface area contributed by atoms with Crippen LogP contribution in [0.4, 0.5) is 0 Å². The van der Waals surface area contributed by atoms with Gasteiger partial charge in [-0.2, -0.15) is 0 Å². The molecule has 0 spiro atoms. The number of hydrogen-bond acceptors (Lipinski definition) is 1. The molecule has 0 saturated carbocycles. The standard InChI is InChI=1S/C36H26N2/c1-25-18-28(23-32(19-25)38-35-15-9-8-14-33(35)34-24-37-17-16-36(34)38)31-21-29(26-10-4-2-5-11-26)20-30(22-31)27-12-6-3-7-13-27/h2-24H,1H3. The number of pyridine rings is 1. The third-order valence-corrected chi connectivity index (χ3v) is 7.27. The monoisotopic (exact) mass is 486 g/mol. The van der Waals surface area contributed by atoms with Crippen LogP contribution in [0.2, 0.25) is 0 Å². The molecule has 0 fully saturated rings. The second-order valence-electron chi connectivity index (χ2n) is 9.83. The summed E-state index contributed by atoms with van der Waals surface area (Å²) in [6.45, 7) is 2.18. The van der Waals surface area contributed by atoms with E-state index in [-0.39, 0.29) is 0 Å². The summed E-state index contributed by atoms with van der Waals surface area (Å²) in [5.74, 6) is 0. The van der Waals surface area contributed by atoms with E-state index >= 15 is 0 Å². The maximum Gasteiger partial charge on any atom is 0.0571 e. The lowest BCUT2D eigenvalue weighted by atomic mass is 9.92. The van der Waals surface area contributed by atoms with Crippen molar-refractivity contribution in [1.29, 1.82) is 0 Å². The van der Waals surface area contributed by atoms with Crippen molar-refractivity contribution >= 4 is 21.8 Å². The van der Waals surface area contributed by atoms with Crippen LogP contribution in [0.25, 0.3) is 60.9 Å². The molecule has 180 valence electrons. The van der Waals surface area contributed by atoms with E-state index in [1.165, 1.54) is 60.8 Å². The Morgan fingerprint density at radius 1 is 0.474 bits per heavy atom. The molecule has 38 heavy (non-hydrogen) atoms. The molecule has 0 unspecified atom stereocenters. The van der Waals surface area contributed by atoms with Gasteiger partial charge in [-0.1, -0.05) is 84.9 Å². The van der Waals surface area contributed by atoms with Crippen molar-refractivity contribution in [1.82, 2.24) is 9.55 Å². The number of hydrogen-bond donors (Lipinski definition) is 0. The minimum Gasteiger partial charge on any atom is -0.309 e. The zero-order valence-corrected chi connectivity index (χ0v) is 21.2. The first-order chi connectivity index (χ1) is 18.7. The molecule has 0 N–H and O–H groups in total. The molecule has 2 nitrogen and oxygen atoms in total. The number of aryl methyl sites for hydroxylation is 1. The van der Waals surface area contributed by atoms with E-state index in [4.69, 9.17) is 0 Å². The Hall–Kier alpha value is -4.95. The molecule has 5 aromatic carbocycles. The predicted molar refractivity (Wildman–Crippen MR) is 160 cm³/mol. The summed E-state index contributed by atoms with van der Waals surface area (Å²) in [7, 11) is 0. The molecule has 7 rings (SSSR count). The minimum atomic E-state index is 1.16. The van der Waals surface area contributed by atoms with Crippen LogP contribution in [-0.2, 0) is 0 Å². The molecule has 2 aromatic heterocycles. The van der Waals surface area contributed by atoms with E-state index in [0.717, 1.165) is 5.69 Å². The number of para-hydroxylation sites is 1. The lowest BCUT2D eigenvalue weighted by Crippen LogP contribution is -1.96. The Labute approximate surface area is 222 Å². The number of rotatable bonds is 4. The van der Waals surface area contributed by atoms with Gasteiger partial charge in [-0.3, -0.25) is 4.98 Å². The van der Waals surface area contributed by atoms with Crippen LogP contribution < -0.4 is 0 Å². The Balaban J connectivity index is 1.46. The summed E-state index contributed by atoms with van der Waals surface area (Å²) in [6.07, 6.45) is 3.85. The van der Waals surface area contributed by atoms with Crippen LogP contribution in [0.3, 0.4) is 0 Å². The van der Waals surface area contributed by atoms with E-state index in [0.29, 0.717) is 0 Å². The number of benzene rings is 5. The van der Waals surface area contributed by atoms with Gasteiger partial charge in [-0.05, 0) is 88.3 Å². The lowest BCUT2D eigenvalue weighted by Gasteiger charge is -2.14. The van der Waals surface area contributed by atoms with Crippen molar-refractivity contribution in [3.63, 3.8) is 0 Å². The second kappa shape index (κ2) is 9.17. The minimum absolute atomic E-state index is 1.16. The Morgan fingerprint density at radius 3 is 1.71 bits per heavy atom. The van der Waals surface area contributed by atoms with Gasteiger partial charge < -0.3 is 4.57 Å². The van der Waals surface area contributed by atoms with E-state index in [9.17, 15) is 0 Å². The normalized spacial score (nSPS) is 11.3. The van der Waals surface area contributed by atoms with Crippen molar-refractivity contribution in [3.05, 3.63) is 145 Å². The molecule has 2 heterocycles. The highest BCUT2D eigenvalue weighted by Crippen LogP contribution is 2.36. The summed E-state index contributed by atoms with van der Waals surface area (Å²) in [5.41, 5.74) is 12.0. The van der Waals surface area contributed by atoms with Crippen LogP contribution in [0, 0.1) is 6.92 Å². The third kappa shape index (κ3) is 3.88. The van der Waals surface area contributed by atoms with Gasteiger partial charge in [0.05, 0.1) is 11.0 Å². The Kier molecular flexibility index (Phi) is 5.37. The molecular weight excluding hydrogens is 460 g/mol. The van der Waals surface area contributed by atoms with Crippen LogP contribution in [0.15, 0.2) is 140 Å². The number of fused-ring (bicyclic) bond motifs is 3. The topological polar surface area (TPSA) is 17.8 Å². The molecule has 2 heteroatoms. The fourth-order valence-corrected chi connectivity index (χ4v) is 5.54. The largest absolute Gasteiger partial charge is 0.309 e. The zero-order valence-electron chi connectivity index (χ0n) is 21.2. The molecule has 0 bridgehead atoms. The quantitative estimate of drug-likeness (QED) is 0.242. The van der Waals surface area contributed by atoms with Gasteiger partial charge in [0, 0.05) is 28.9 Å². The maximum atomic E-state index is 4.42. The van der Waals surface area contributed by atoms with Gasteiger partial charge in [-0.25, -0.2) is 0 Å². The van der Waals surface area contributed by atoms with Gasteiger partial charge in [-0.15, -0.1) is 0 Å². The van der Waals surface area contributed by atoms with E-state index in [1.54, 1.807) is 0 Å². The van der Waals surface area contributed by atoms with Gasteiger partial charge in [0.2, 0.25) is 0 Å². The molecule has 0 amide bonds. The SMILES string of the molecule is Cc1cc(-c2cc(-c3ccccc3)cc(-c3ccccc3)c2)cc(-n2c3ccccc3c3cnccc32)c1. The molecule has 0 aliphatic rings. The van der Waals surface area contributed by atoms with Crippen LogP contribution in [0.1, 0.15) is 5.56 Å². The zero-order chi connectivity index (χ0) is 25.5. The molecule has 0 aliphatic heterocycles. The van der Waals surface area contributed by atoms with Gasteiger partial charge in [0.15, 0.2) is 0 Å². The van der Waals surface area contributed by atoms with Crippen LogP contribution in [0.5, 0.6) is 0 Å². The Morgan fingerprint density at radius 2 is 1.03 bits per heavy atom. The van der Waals surface area contributed by atoms with Gasteiger partial charge in [0.25, 0.3) is 0 Å². The molecule has 0 atom stereocenters. The number of nitrogens with zero attached hydrogens (tertiary/aromatic N) is 2. The molecular formula is C36H26N2. The van der Waals surface area contributed by atoms with E-state index < -0.39 is 0 Å². The smallest absolute Gasteiger partial charge is 0.0571 e. The predicted octanol–water partition coefficient (Wildman–Crippen LogP) is 9.49. The van der Waals surface area contributed by atoms with E-state index in [2.05, 4.69) is 144 Å². The molecule has 7 aromatic rings. The average molecular weight is 487 g/mol. The van der Waals surface area contributed by atoms with Crippen molar-refractivity contribution in [2.24, 2.45) is 0 Å². The highest BCUT2D eigenvalue weighted by Gasteiger charge is 2.14. The van der Waals surface area contributed by atoms with Crippen LogP contribution in [-0.4, -0.2) is 9.55 Å². The van der Waals surface area contributed by atoms with Crippen molar-refractivity contribution in [2.75, 3.05) is 0 Å². The summed E-state index contributed by atoms with van der Waals surface area (Å²) in [4.78, 5) is 4.42. The summed E-state index contributed by atoms with van der Waals surface area (Å²) in [5, 5.41) is 2.39. The number of aromatic nitrogens is 2. The molecule has 0 saturated heterocycles. The first kappa shape index (κ1) is 22.3. The van der Waals surface area contributed by atoms with Crippen molar-refractivity contribution in [2.45, 2.75) is 6.92 Å². The first-order valence-corrected chi connectivity index (χ1v) is 13.0. The fraction of sp³-hybridized carbons (Fsp3) is 0.0278. The highest BCUT2D eigenvalue weighted by atomic mass is 15.0. The summed E-state index contributed by atoms with van der Waals surface area (Å²) >= 11 is 0. The fourth-order valence-electron chi connectivity index (χ4n) is 5.54. The van der Waals surface area contributed by atoms with Crippen molar-refractivity contribution in [3.8, 4) is 39.1 Å². The second-order valence-corrected chi connectivity index (χ2v) is 9.83. The highest BCUT2D eigenvalue weighted by molar-refractivity contribution is 6.08. The average Bonchev–Trinajstić information content (AvgIpc) is 3.32. The van der Waals surface area contributed by atoms with Gasteiger partial charge in [0.1, 0.15) is 0 Å². The van der Waals surface area contributed by atoms with Gasteiger partial charge >= 0.3 is 0 Å². The Bertz CT molecular complexity index is 1800. The van der Waals surface area contributed by atoms with E-state index in [1.807, 2.05) is 12.4 Å². The first-order valence-electron chi connectivity index (χ1n) is 13.0. The molecule has 0 aliphatic carbocycles. The molecule has 0 radical (unpaired) electrons. The summed E-state index contributed by atoms with van der Waals surface area (Å²) in [6, 6.07) is 45.8. The lowest BCUT2D eigenvalue weighted by molar-refractivity contribution is 1.17. The maximum absolute atomic E-state index is 4.42. The van der Waals surface area contributed by atoms with Crippen LogP contribution >= 0.6 is 0 Å². The summed E-state index contributed by atoms with van der Waals surface area (Å²) < 4.78 is 2.36. The third-order valence-electron chi connectivity index (χ3n) is 7.27.